The van der Waals surface area contributed by atoms with Gasteiger partial charge in [0.1, 0.15) is 5.76 Å². The number of hydrogen-bond donors (Lipinski definition) is 1. The maximum Gasteiger partial charge on any atom is 0.280 e. The molecule has 21 heavy (non-hydrogen) atoms. The molecule has 1 unspecified atom stereocenters. The van der Waals surface area contributed by atoms with Gasteiger partial charge in [0.05, 0.1) is 6.04 Å². The van der Waals surface area contributed by atoms with Crippen molar-refractivity contribution in [3.05, 3.63) is 17.7 Å². The summed E-state index contributed by atoms with van der Waals surface area (Å²) < 4.78 is 10.6. The topological polar surface area (TPSA) is 80.2 Å². The predicted molar refractivity (Wildman–Crippen MR) is 77.3 cm³/mol. The van der Waals surface area contributed by atoms with Gasteiger partial charge >= 0.3 is 0 Å². The van der Waals surface area contributed by atoms with Crippen LogP contribution in [0.25, 0.3) is 11.6 Å². The van der Waals surface area contributed by atoms with Crippen LogP contribution in [0.3, 0.4) is 0 Å². The average Bonchev–Trinajstić information content (AvgIpc) is 3.01. The van der Waals surface area contributed by atoms with Gasteiger partial charge in [-0.15, -0.1) is 12.4 Å². The summed E-state index contributed by atoms with van der Waals surface area (Å²) in [5, 5.41) is 11.5. The lowest BCUT2D eigenvalue weighted by atomic mass is 10.2. The first kappa shape index (κ1) is 14.5. The van der Waals surface area contributed by atoms with Gasteiger partial charge < -0.3 is 14.4 Å². The molecule has 1 aliphatic heterocycles. The van der Waals surface area contributed by atoms with E-state index in [0.717, 1.165) is 25.4 Å². The standard InChI is InChI=1S/C13H17N5O2.ClH/c1-18-5-4-14-7-10(18)12-15-13(20-17-12)9-6-11(19-16-9)8-2-3-8;/h6,8,10,14H,2-5,7H2,1H3;1H. The summed E-state index contributed by atoms with van der Waals surface area (Å²) in [6.07, 6.45) is 2.37. The van der Waals surface area contributed by atoms with Gasteiger partial charge in [-0.25, -0.2) is 0 Å². The molecule has 0 aromatic carbocycles. The van der Waals surface area contributed by atoms with Gasteiger partial charge in [-0.1, -0.05) is 10.3 Å². The Bertz CT molecular complexity index is 609. The molecular formula is C13H18ClN5O2. The van der Waals surface area contributed by atoms with Crippen molar-refractivity contribution in [1.29, 1.82) is 0 Å². The van der Waals surface area contributed by atoms with Gasteiger partial charge in [-0.05, 0) is 19.9 Å². The number of hydrogen-bond acceptors (Lipinski definition) is 7. The second-order valence-electron chi connectivity index (χ2n) is 5.55. The molecule has 0 bridgehead atoms. The molecular weight excluding hydrogens is 294 g/mol. The van der Waals surface area contributed by atoms with Crippen molar-refractivity contribution in [3.8, 4) is 11.6 Å². The van der Waals surface area contributed by atoms with Crippen LogP contribution >= 0.6 is 12.4 Å². The Morgan fingerprint density at radius 1 is 1.29 bits per heavy atom. The quantitative estimate of drug-likeness (QED) is 0.922. The lowest BCUT2D eigenvalue weighted by Gasteiger charge is -2.30. The molecule has 4 rings (SSSR count). The molecule has 1 saturated carbocycles. The molecule has 2 aromatic heterocycles. The monoisotopic (exact) mass is 311 g/mol. The van der Waals surface area contributed by atoms with Crippen molar-refractivity contribution in [3.63, 3.8) is 0 Å². The molecule has 2 aliphatic rings. The minimum absolute atomic E-state index is 0. The minimum Gasteiger partial charge on any atom is -0.360 e. The Morgan fingerprint density at radius 3 is 2.90 bits per heavy atom. The highest BCUT2D eigenvalue weighted by atomic mass is 35.5. The van der Waals surface area contributed by atoms with E-state index in [1.165, 1.54) is 12.8 Å². The molecule has 0 spiro atoms. The average molecular weight is 312 g/mol. The highest BCUT2D eigenvalue weighted by Gasteiger charge is 2.30. The van der Waals surface area contributed by atoms with Crippen LogP contribution in [0.1, 0.15) is 36.4 Å². The zero-order valence-electron chi connectivity index (χ0n) is 11.8. The first-order chi connectivity index (χ1) is 9.81. The summed E-state index contributed by atoms with van der Waals surface area (Å²) in [6.45, 7) is 2.80. The van der Waals surface area contributed by atoms with Crippen LogP contribution in [0.15, 0.2) is 15.1 Å². The van der Waals surface area contributed by atoms with Gasteiger partial charge in [0.25, 0.3) is 5.89 Å². The normalized spacial score (nSPS) is 23.0. The molecule has 1 N–H and O–H groups in total. The molecule has 7 nitrogen and oxygen atoms in total. The van der Waals surface area contributed by atoms with Crippen LogP contribution in [-0.2, 0) is 0 Å². The van der Waals surface area contributed by atoms with Crippen molar-refractivity contribution in [2.24, 2.45) is 0 Å². The number of nitrogens with zero attached hydrogens (tertiary/aromatic N) is 4. The smallest absolute Gasteiger partial charge is 0.280 e. The molecule has 2 fully saturated rings. The molecule has 1 aliphatic carbocycles. The Balaban J connectivity index is 0.00000132. The number of halogens is 1. The molecule has 2 aromatic rings. The van der Waals surface area contributed by atoms with Gasteiger partial charge in [0.2, 0.25) is 0 Å². The summed E-state index contributed by atoms with van der Waals surface area (Å²) >= 11 is 0. The van der Waals surface area contributed by atoms with Gasteiger partial charge in [-0.2, -0.15) is 4.98 Å². The SMILES string of the molecule is CN1CCNCC1c1noc(-c2cc(C3CC3)on2)n1.Cl. The van der Waals surface area contributed by atoms with Crippen LogP contribution in [0.5, 0.6) is 0 Å². The Morgan fingerprint density at radius 2 is 2.14 bits per heavy atom. The first-order valence-electron chi connectivity index (χ1n) is 7.03. The summed E-state index contributed by atoms with van der Waals surface area (Å²) in [6, 6.07) is 2.06. The Labute approximate surface area is 128 Å². The number of rotatable bonds is 3. The van der Waals surface area contributed by atoms with Crippen LogP contribution in [0, 0.1) is 0 Å². The van der Waals surface area contributed by atoms with Crippen LogP contribution in [0.2, 0.25) is 0 Å². The zero-order valence-corrected chi connectivity index (χ0v) is 12.6. The summed E-state index contributed by atoms with van der Waals surface area (Å²) in [4.78, 5) is 6.69. The van der Waals surface area contributed by atoms with Crippen LogP contribution in [0.4, 0.5) is 0 Å². The second-order valence-corrected chi connectivity index (χ2v) is 5.55. The van der Waals surface area contributed by atoms with E-state index in [9.17, 15) is 0 Å². The predicted octanol–water partition coefficient (Wildman–Crippen LogP) is 1.60. The number of likely N-dealkylation sites (N-methyl/N-ethyl adjacent to an activating group) is 1. The van der Waals surface area contributed by atoms with Gasteiger partial charge in [-0.3, -0.25) is 4.90 Å². The van der Waals surface area contributed by atoms with Crippen molar-refractivity contribution in [2.75, 3.05) is 26.7 Å². The first-order valence-corrected chi connectivity index (χ1v) is 7.03. The fourth-order valence-electron chi connectivity index (χ4n) is 2.52. The third kappa shape index (κ3) is 2.81. The van der Waals surface area contributed by atoms with E-state index in [0.29, 0.717) is 23.3 Å². The third-order valence-electron chi connectivity index (χ3n) is 3.98. The fourth-order valence-corrected chi connectivity index (χ4v) is 2.52. The van der Waals surface area contributed by atoms with E-state index in [1.54, 1.807) is 0 Å². The highest BCUT2D eigenvalue weighted by molar-refractivity contribution is 5.85. The minimum atomic E-state index is 0. The summed E-state index contributed by atoms with van der Waals surface area (Å²) in [5.41, 5.74) is 0.636. The van der Waals surface area contributed by atoms with Crippen LogP contribution < -0.4 is 5.32 Å². The zero-order chi connectivity index (χ0) is 13.5. The maximum absolute atomic E-state index is 5.33. The van der Waals surface area contributed by atoms with Crippen molar-refractivity contribution < 1.29 is 9.05 Å². The van der Waals surface area contributed by atoms with Crippen molar-refractivity contribution >= 4 is 12.4 Å². The van der Waals surface area contributed by atoms with Crippen molar-refractivity contribution in [1.82, 2.24) is 25.5 Å². The van der Waals surface area contributed by atoms with E-state index in [4.69, 9.17) is 9.05 Å². The van der Waals surface area contributed by atoms with E-state index in [1.807, 2.05) is 6.07 Å². The molecule has 1 atom stereocenters. The lowest BCUT2D eigenvalue weighted by molar-refractivity contribution is 0.190. The molecule has 1 saturated heterocycles. The maximum atomic E-state index is 5.33. The highest BCUT2D eigenvalue weighted by Crippen LogP contribution is 2.41. The summed E-state index contributed by atoms with van der Waals surface area (Å²) in [5.74, 6) is 2.60. The van der Waals surface area contributed by atoms with Gasteiger partial charge in [0.15, 0.2) is 11.5 Å². The second kappa shape index (κ2) is 5.75. The number of nitrogens with one attached hydrogen (secondary N) is 1. The molecule has 0 radical (unpaired) electrons. The third-order valence-corrected chi connectivity index (χ3v) is 3.98. The number of piperazine rings is 1. The molecule has 114 valence electrons. The summed E-state index contributed by atoms with van der Waals surface area (Å²) in [7, 11) is 2.07. The molecule has 3 heterocycles. The Hall–Kier alpha value is -1.44. The largest absolute Gasteiger partial charge is 0.360 e. The number of aromatic nitrogens is 3. The van der Waals surface area contributed by atoms with E-state index >= 15 is 0 Å². The van der Waals surface area contributed by atoms with Crippen molar-refractivity contribution in [2.45, 2.75) is 24.8 Å². The van der Waals surface area contributed by atoms with Crippen LogP contribution in [-0.4, -0.2) is 46.9 Å². The fraction of sp³-hybridized carbons (Fsp3) is 0.615. The Kier molecular flexibility index (Phi) is 3.97. The van der Waals surface area contributed by atoms with E-state index in [2.05, 4.69) is 32.6 Å². The van der Waals surface area contributed by atoms with E-state index < -0.39 is 0 Å². The van der Waals surface area contributed by atoms with Gasteiger partial charge in [0, 0.05) is 31.6 Å². The molecule has 0 amide bonds. The lowest BCUT2D eigenvalue weighted by Crippen LogP contribution is -2.44. The van der Waals surface area contributed by atoms with E-state index in [-0.39, 0.29) is 18.4 Å². The molecule has 8 heteroatoms.